The molecule has 3 aromatic rings. The van der Waals surface area contributed by atoms with Crippen molar-refractivity contribution < 1.29 is 36.9 Å². The Morgan fingerprint density at radius 1 is 0.829 bits per heavy atom. The molecule has 0 bridgehead atoms. The number of rotatable bonds is 12. The normalized spacial score (nSPS) is 15.2. The lowest BCUT2D eigenvalue weighted by Gasteiger charge is -2.36. The van der Waals surface area contributed by atoms with E-state index in [0.717, 1.165) is 16.9 Å². The molecular formula is C30H36N2O8S. The Morgan fingerprint density at radius 2 is 1.54 bits per heavy atom. The van der Waals surface area contributed by atoms with Gasteiger partial charge >= 0.3 is 5.97 Å². The lowest BCUT2D eigenvalue weighted by Crippen LogP contribution is -2.49. The van der Waals surface area contributed by atoms with Crippen LogP contribution in [0.1, 0.15) is 27.6 Å². The van der Waals surface area contributed by atoms with Crippen molar-refractivity contribution in [1.82, 2.24) is 9.21 Å². The van der Waals surface area contributed by atoms with E-state index in [9.17, 15) is 13.2 Å². The van der Waals surface area contributed by atoms with Crippen molar-refractivity contribution in [3.05, 3.63) is 83.4 Å². The van der Waals surface area contributed by atoms with Gasteiger partial charge < -0.3 is 23.7 Å². The Labute approximate surface area is 241 Å². The molecule has 0 spiro atoms. The van der Waals surface area contributed by atoms with Crippen molar-refractivity contribution in [3.8, 4) is 17.2 Å². The number of carbonyl (C=O) groups excluding carboxylic acids is 1. The topological polar surface area (TPSA) is 104 Å². The SMILES string of the molecule is COC(=O)c1ccc(COC(CN2CCN(S(=O)(=O)c3ccc(OC)c(OC)c3)CC2)c2cccc(OC)c2)cc1. The minimum absolute atomic E-state index is 0.166. The Kier molecular flexibility index (Phi) is 10.2. The molecule has 3 aromatic carbocycles. The molecular weight excluding hydrogens is 548 g/mol. The van der Waals surface area contributed by atoms with E-state index in [1.165, 1.54) is 37.8 Å². The molecule has 1 heterocycles. The lowest BCUT2D eigenvalue weighted by molar-refractivity contribution is 0.00761. The summed E-state index contributed by atoms with van der Waals surface area (Å²) in [6.45, 7) is 2.68. The third kappa shape index (κ3) is 7.36. The summed E-state index contributed by atoms with van der Waals surface area (Å²) in [5.41, 5.74) is 2.34. The van der Waals surface area contributed by atoms with E-state index >= 15 is 0 Å². The molecule has 220 valence electrons. The van der Waals surface area contributed by atoms with Gasteiger partial charge in [0.15, 0.2) is 11.5 Å². The lowest BCUT2D eigenvalue weighted by atomic mass is 10.1. The smallest absolute Gasteiger partial charge is 0.337 e. The third-order valence-electron chi connectivity index (χ3n) is 7.04. The van der Waals surface area contributed by atoms with Gasteiger partial charge in [0.1, 0.15) is 5.75 Å². The van der Waals surface area contributed by atoms with Gasteiger partial charge in [-0.25, -0.2) is 13.2 Å². The van der Waals surface area contributed by atoms with Crippen LogP contribution < -0.4 is 14.2 Å². The van der Waals surface area contributed by atoms with Crippen LogP contribution in [0.25, 0.3) is 0 Å². The van der Waals surface area contributed by atoms with Crippen molar-refractivity contribution in [2.75, 3.05) is 61.2 Å². The first-order valence-electron chi connectivity index (χ1n) is 13.2. The number of nitrogens with zero attached hydrogens (tertiary/aromatic N) is 2. The molecule has 10 nitrogen and oxygen atoms in total. The van der Waals surface area contributed by atoms with Gasteiger partial charge in [-0.15, -0.1) is 0 Å². The minimum Gasteiger partial charge on any atom is -0.497 e. The fraction of sp³-hybridized carbons (Fsp3) is 0.367. The highest BCUT2D eigenvalue weighted by atomic mass is 32.2. The minimum atomic E-state index is -3.70. The fourth-order valence-electron chi connectivity index (χ4n) is 4.66. The molecule has 1 unspecified atom stereocenters. The van der Waals surface area contributed by atoms with Crippen molar-refractivity contribution in [3.63, 3.8) is 0 Å². The molecule has 0 saturated carbocycles. The number of ether oxygens (including phenoxy) is 5. The van der Waals surface area contributed by atoms with Crippen LogP contribution in [0.2, 0.25) is 0 Å². The van der Waals surface area contributed by atoms with Gasteiger partial charge in [0, 0.05) is 38.8 Å². The monoisotopic (exact) mass is 584 g/mol. The number of piperazine rings is 1. The first kappa shape index (κ1) is 30.3. The van der Waals surface area contributed by atoms with E-state index in [1.54, 1.807) is 25.3 Å². The van der Waals surface area contributed by atoms with E-state index in [2.05, 4.69) is 4.90 Å². The van der Waals surface area contributed by atoms with Gasteiger partial charge in [-0.05, 0) is 47.5 Å². The molecule has 0 N–H and O–H groups in total. The number of benzene rings is 3. The van der Waals surface area contributed by atoms with Crippen LogP contribution in [0.15, 0.2) is 71.6 Å². The van der Waals surface area contributed by atoms with Gasteiger partial charge in [0.05, 0.1) is 51.6 Å². The molecule has 0 amide bonds. The first-order valence-corrected chi connectivity index (χ1v) is 14.6. The largest absolute Gasteiger partial charge is 0.497 e. The number of esters is 1. The Balaban J connectivity index is 1.44. The van der Waals surface area contributed by atoms with Crippen LogP contribution in [-0.2, 0) is 26.1 Å². The van der Waals surface area contributed by atoms with Gasteiger partial charge in [0.2, 0.25) is 10.0 Å². The summed E-state index contributed by atoms with van der Waals surface area (Å²) >= 11 is 0. The van der Waals surface area contributed by atoms with Crippen molar-refractivity contribution >= 4 is 16.0 Å². The van der Waals surface area contributed by atoms with Gasteiger partial charge in [0.25, 0.3) is 0 Å². The van der Waals surface area contributed by atoms with Crippen LogP contribution in [0, 0.1) is 0 Å². The standard InChI is InChI=1S/C30H36N2O8S/c1-36-25-7-5-6-24(18-25)29(40-21-22-8-10-23(11-9-22)30(33)39-4)20-31-14-16-32(17-15-31)41(34,35)26-12-13-27(37-2)28(19-26)38-3/h5-13,18-19,29H,14-17,20-21H2,1-4H3. The third-order valence-corrected chi connectivity index (χ3v) is 8.93. The van der Waals surface area contributed by atoms with E-state index in [-0.39, 0.29) is 17.0 Å². The van der Waals surface area contributed by atoms with Crippen molar-refractivity contribution in [2.45, 2.75) is 17.6 Å². The van der Waals surface area contributed by atoms with E-state index in [1.807, 2.05) is 36.4 Å². The molecule has 1 fully saturated rings. The summed E-state index contributed by atoms with van der Waals surface area (Å²) < 4.78 is 55.3. The van der Waals surface area contributed by atoms with Gasteiger partial charge in [-0.1, -0.05) is 24.3 Å². The zero-order valence-corrected chi connectivity index (χ0v) is 24.6. The van der Waals surface area contributed by atoms with Gasteiger partial charge in [-0.2, -0.15) is 4.31 Å². The van der Waals surface area contributed by atoms with Crippen LogP contribution in [-0.4, -0.2) is 84.8 Å². The second-order valence-electron chi connectivity index (χ2n) is 9.49. The summed E-state index contributed by atoms with van der Waals surface area (Å²) in [4.78, 5) is 14.1. The second-order valence-corrected chi connectivity index (χ2v) is 11.4. The number of hydrogen-bond donors (Lipinski definition) is 0. The Hall–Kier alpha value is -3.64. The maximum absolute atomic E-state index is 13.4. The highest BCUT2D eigenvalue weighted by Crippen LogP contribution is 2.31. The molecule has 41 heavy (non-hydrogen) atoms. The van der Waals surface area contributed by atoms with Crippen LogP contribution in [0.4, 0.5) is 0 Å². The van der Waals surface area contributed by atoms with E-state index < -0.39 is 10.0 Å². The molecule has 1 saturated heterocycles. The summed E-state index contributed by atoms with van der Waals surface area (Å²) in [6, 6.07) is 19.5. The van der Waals surface area contributed by atoms with Crippen LogP contribution >= 0.6 is 0 Å². The highest BCUT2D eigenvalue weighted by Gasteiger charge is 2.30. The molecule has 4 rings (SSSR count). The number of sulfonamides is 1. The average Bonchev–Trinajstić information content (AvgIpc) is 3.02. The molecule has 11 heteroatoms. The Morgan fingerprint density at radius 3 is 2.17 bits per heavy atom. The van der Waals surface area contributed by atoms with E-state index in [4.69, 9.17) is 23.7 Å². The Bertz CT molecular complexity index is 1420. The number of methoxy groups -OCH3 is 4. The quantitative estimate of drug-likeness (QED) is 0.294. The van der Waals surface area contributed by atoms with Crippen molar-refractivity contribution in [1.29, 1.82) is 0 Å². The molecule has 1 atom stereocenters. The second kappa shape index (κ2) is 13.8. The number of carbonyl (C=O) groups is 1. The summed E-state index contributed by atoms with van der Waals surface area (Å²) in [6.07, 6.45) is -0.292. The number of hydrogen-bond acceptors (Lipinski definition) is 9. The molecule has 0 aliphatic carbocycles. The molecule has 1 aliphatic rings. The summed E-state index contributed by atoms with van der Waals surface area (Å²) in [5.74, 6) is 1.17. The zero-order valence-electron chi connectivity index (χ0n) is 23.7. The van der Waals surface area contributed by atoms with Crippen LogP contribution in [0.3, 0.4) is 0 Å². The molecule has 1 aliphatic heterocycles. The predicted octanol–water partition coefficient (Wildman–Crippen LogP) is 3.76. The average molecular weight is 585 g/mol. The van der Waals surface area contributed by atoms with Crippen LogP contribution in [0.5, 0.6) is 17.2 Å². The summed E-state index contributed by atoms with van der Waals surface area (Å²) in [5, 5.41) is 0. The maximum atomic E-state index is 13.4. The van der Waals surface area contributed by atoms with E-state index in [0.29, 0.717) is 56.4 Å². The maximum Gasteiger partial charge on any atom is 0.337 e. The fourth-order valence-corrected chi connectivity index (χ4v) is 6.10. The highest BCUT2D eigenvalue weighted by molar-refractivity contribution is 7.89. The zero-order chi connectivity index (χ0) is 29.4. The summed E-state index contributed by atoms with van der Waals surface area (Å²) in [7, 11) is 2.26. The van der Waals surface area contributed by atoms with Crippen molar-refractivity contribution in [2.24, 2.45) is 0 Å². The van der Waals surface area contributed by atoms with Gasteiger partial charge in [-0.3, -0.25) is 4.90 Å². The first-order chi connectivity index (χ1) is 19.8. The molecule has 0 radical (unpaired) electrons. The molecule has 0 aromatic heterocycles. The predicted molar refractivity (Wildman–Crippen MR) is 153 cm³/mol.